The first-order chi connectivity index (χ1) is 15.2. The van der Waals surface area contributed by atoms with Crippen molar-refractivity contribution in [1.82, 2.24) is 25.2 Å². The van der Waals surface area contributed by atoms with Crippen molar-refractivity contribution in [1.29, 1.82) is 0 Å². The van der Waals surface area contributed by atoms with Crippen molar-refractivity contribution in [2.45, 2.75) is 5.16 Å². The summed E-state index contributed by atoms with van der Waals surface area (Å²) in [5.74, 6) is 0.615. The highest BCUT2D eigenvalue weighted by Gasteiger charge is 2.17. The van der Waals surface area contributed by atoms with E-state index in [1.807, 2.05) is 65.2 Å². The van der Waals surface area contributed by atoms with Crippen LogP contribution < -0.4 is 5.43 Å². The van der Waals surface area contributed by atoms with Crippen molar-refractivity contribution >= 4 is 39.8 Å². The fourth-order valence-corrected chi connectivity index (χ4v) is 3.76. The molecule has 0 bridgehead atoms. The van der Waals surface area contributed by atoms with Crippen LogP contribution >= 0.6 is 27.7 Å². The molecule has 7 nitrogen and oxygen atoms in total. The second-order valence-corrected chi connectivity index (χ2v) is 8.21. The third kappa shape index (κ3) is 5.44. The molecule has 2 aromatic heterocycles. The average Bonchev–Trinajstić information content (AvgIpc) is 3.23. The van der Waals surface area contributed by atoms with Crippen LogP contribution in [0.1, 0.15) is 5.56 Å². The molecule has 0 spiro atoms. The number of hydrogen-bond acceptors (Lipinski definition) is 6. The van der Waals surface area contributed by atoms with Crippen molar-refractivity contribution in [3.05, 3.63) is 89.2 Å². The molecule has 4 rings (SSSR count). The standard InChI is InChI=1S/C22H17BrN6OS/c23-18-10-8-17(9-11-18)21-27-28-22(29(21)19-6-2-1-3-7-19)31-15-20(30)26-25-14-16-5-4-12-24-13-16/h1-14H,15H2,(H,26,30)/b25-14-. The molecule has 154 valence electrons. The summed E-state index contributed by atoms with van der Waals surface area (Å²) in [7, 11) is 0. The normalized spacial score (nSPS) is 11.0. The zero-order chi connectivity index (χ0) is 21.5. The van der Waals surface area contributed by atoms with Crippen molar-refractivity contribution in [2.24, 2.45) is 5.10 Å². The number of nitrogens with one attached hydrogen (secondary N) is 1. The van der Waals surface area contributed by atoms with Gasteiger partial charge in [-0.25, -0.2) is 5.43 Å². The van der Waals surface area contributed by atoms with Gasteiger partial charge in [-0.05, 0) is 30.3 Å². The van der Waals surface area contributed by atoms with Gasteiger partial charge in [0.15, 0.2) is 11.0 Å². The number of hydrazone groups is 1. The Morgan fingerprint density at radius 2 is 1.87 bits per heavy atom. The highest BCUT2D eigenvalue weighted by Crippen LogP contribution is 2.28. The molecule has 4 aromatic rings. The first kappa shape index (κ1) is 21.0. The van der Waals surface area contributed by atoms with Crippen LogP contribution in [0.4, 0.5) is 0 Å². The van der Waals surface area contributed by atoms with E-state index >= 15 is 0 Å². The van der Waals surface area contributed by atoms with E-state index in [9.17, 15) is 4.79 Å². The highest BCUT2D eigenvalue weighted by molar-refractivity contribution is 9.10. The SMILES string of the molecule is O=C(CSc1nnc(-c2ccc(Br)cc2)n1-c1ccccc1)N/N=C\c1cccnc1. The summed E-state index contributed by atoms with van der Waals surface area (Å²) >= 11 is 4.75. The second kappa shape index (κ2) is 10.1. The number of benzene rings is 2. The summed E-state index contributed by atoms with van der Waals surface area (Å²) in [5.41, 5.74) is 5.18. The molecule has 2 aromatic carbocycles. The summed E-state index contributed by atoms with van der Waals surface area (Å²) in [6, 6.07) is 21.3. The molecule has 31 heavy (non-hydrogen) atoms. The van der Waals surface area contributed by atoms with Crippen LogP contribution in [-0.2, 0) is 4.79 Å². The number of carbonyl (C=O) groups excluding carboxylic acids is 1. The Labute approximate surface area is 191 Å². The van der Waals surface area contributed by atoms with Crippen molar-refractivity contribution < 1.29 is 4.79 Å². The summed E-state index contributed by atoms with van der Waals surface area (Å²) in [4.78, 5) is 16.2. The molecule has 1 N–H and O–H groups in total. The number of hydrogen-bond donors (Lipinski definition) is 1. The quantitative estimate of drug-likeness (QED) is 0.235. The molecule has 2 heterocycles. The Kier molecular flexibility index (Phi) is 6.85. The van der Waals surface area contributed by atoms with E-state index in [2.05, 4.69) is 41.6 Å². The van der Waals surface area contributed by atoms with E-state index in [0.717, 1.165) is 21.3 Å². The third-order valence-corrected chi connectivity index (χ3v) is 5.63. The topological polar surface area (TPSA) is 85.1 Å². The first-order valence-corrected chi connectivity index (χ1v) is 11.1. The molecule has 0 atom stereocenters. The molecule has 0 saturated carbocycles. The van der Waals surface area contributed by atoms with Gasteiger partial charge in [-0.2, -0.15) is 5.10 Å². The fraction of sp³-hybridized carbons (Fsp3) is 0.0455. The Balaban J connectivity index is 1.51. The number of nitrogens with zero attached hydrogens (tertiary/aromatic N) is 5. The monoisotopic (exact) mass is 492 g/mol. The number of carbonyl (C=O) groups is 1. The van der Waals surface area contributed by atoms with Crippen LogP contribution in [0.2, 0.25) is 0 Å². The summed E-state index contributed by atoms with van der Waals surface area (Å²) in [5, 5.41) is 13.3. The minimum absolute atomic E-state index is 0.148. The van der Waals surface area contributed by atoms with Gasteiger partial charge >= 0.3 is 0 Å². The number of pyridine rings is 1. The van der Waals surface area contributed by atoms with Crippen molar-refractivity contribution in [2.75, 3.05) is 5.75 Å². The van der Waals surface area contributed by atoms with Gasteiger partial charge in [-0.15, -0.1) is 10.2 Å². The molecule has 0 unspecified atom stereocenters. The zero-order valence-electron chi connectivity index (χ0n) is 16.2. The van der Waals surface area contributed by atoms with Gasteiger partial charge in [-0.3, -0.25) is 14.3 Å². The molecule has 0 aliphatic rings. The van der Waals surface area contributed by atoms with Gasteiger partial charge < -0.3 is 0 Å². The molecule has 1 amide bonds. The van der Waals surface area contributed by atoms with Crippen LogP contribution in [0.15, 0.2) is 93.9 Å². The average molecular weight is 493 g/mol. The molecule has 0 fully saturated rings. The second-order valence-electron chi connectivity index (χ2n) is 6.35. The van der Waals surface area contributed by atoms with Crippen LogP contribution in [-0.4, -0.2) is 37.6 Å². The Morgan fingerprint density at radius 1 is 1.06 bits per heavy atom. The lowest BCUT2D eigenvalue weighted by molar-refractivity contribution is -0.118. The number of para-hydroxylation sites is 1. The Morgan fingerprint density at radius 3 is 2.61 bits per heavy atom. The number of thioether (sulfide) groups is 1. The van der Waals surface area contributed by atoms with E-state index in [0.29, 0.717) is 11.0 Å². The van der Waals surface area contributed by atoms with Crippen molar-refractivity contribution in [3.63, 3.8) is 0 Å². The molecule has 9 heteroatoms. The van der Waals surface area contributed by atoms with E-state index < -0.39 is 0 Å². The number of amides is 1. The molecular formula is C22H17BrN6OS. The molecule has 0 saturated heterocycles. The van der Waals surface area contributed by atoms with Gasteiger partial charge in [0.25, 0.3) is 5.91 Å². The van der Waals surface area contributed by atoms with E-state index in [1.165, 1.54) is 11.8 Å². The minimum atomic E-state index is -0.238. The van der Waals surface area contributed by atoms with Gasteiger partial charge in [0.2, 0.25) is 0 Å². The number of rotatable bonds is 7. The maximum atomic E-state index is 12.2. The molecular weight excluding hydrogens is 476 g/mol. The zero-order valence-corrected chi connectivity index (χ0v) is 18.6. The third-order valence-electron chi connectivity index (χ3n) is 4.17. The van der Waals surface area contributed by atoms with Gasteiger partial charge in [-0.1, -0.05) is 64.1 Å². The summed E-state index contributed by atoms with van der Waals surface area (Å²) in [6.07, 6.45) is 4.89. The summed E-state index contributed by atoms with van der Waals surface area (Å²) in [6.45, 7) is 0. The lowest BCUT2D eigenvalue weighted by Gasteiger charge is -2.10. The lowest BCUT2D eigenvalue weighted by atomic mass is 10.2. The van der Waals surface area contributed by atoms with Crippen LogP contribution in [0.3, 0.4) is 0 Å². The largest absolute Gasteiger partial charge is 0.272 e. The van der Waals surface area contributed by atoms with Crippen molar-refractivity contribution in [3.8, 4) is 17.1 Å². The van der Waals surface area contributed by atoms with Crippen LogP contribution in [0.25, 0.3) is 17.1 Å². The van der Waals surface area contributed by atoms with Crippen LogP contribution in [0.5, 0.6) is 0 Å². The predicted octanol–water partition coefficient (Wildman–Crippen LogP) is 4.33. The fourth-order valence-electron chi connectivity index (χ4n) is 2.75. The Hall–Kier alpha value is -3.30. The molecule has 0 aliphatic heterocycles. The first-order valence-electron chi connectivity index (χ1n) is 9.32. The number of halogens is 1. The van der Waals surface area contributed by atoms with Gasteiger partial charge in [0.1, 0.15) is 0 Å². The lowest BCUT2D eigenvalue weighted by Crippen LogP contribution is -2.20. The van der Waals surface area contributed by atoms with Gasteiger partial charge in [0, 0.05) is 33.7 Å². The maximum Gasteiger partial charge on any atom is 0.250 e. The predicted molar refractivity (Wildman–Crippen MR) is 125 cm³/mol. The molecule has 0 radical (unpaired) electrons. The van der Waals surface area contributed by atoms with Crippen LogP contribution in [0, 0.1) is 0 Å². The number of aromatic nitrogens is 4. The minimum Gasteiger partial charge on any atom is -0.272 e. The summed E-state index contributed by atoms with van der Waals surface area (Å²) < 4.78 is 2.93. The van der Waals surface area contributed by atoms with E-state index in [1.54, 1.807) is 24.7 Å². The highest BCUT2D eigenvalue weighted by atomic mass is 79.9. The smallest absolute Gasteiger partial charge is 0.250 e. The molecule has 0 aliphatic carbocycles. The van der Waals surface area contributed by atoms with E-state index in [-0.39, 0.29) is 11.7 Å². The Bertz CT molecular complexity index is 1180. The van der Waals surface area contributed by atoms with Gasteiger partial charge in [0.05, 0.1) is 12.0 Å². The van der Waals surface area contributed by atoms with E-state index in [4.69, 9.17) is 0 Å². The maximum absolute atomic E-state index is 12.2.